The van der Waals surface area contributed by atoms with E-state index in [1.807, 2.05) is 18.2 Å². The Morgan fingerprint density at radius 1 is 0.921 bits per heavy atom. The van der Waals surface area contributed by atoms with Gasteiger partial charge in [-0.05, 0) is 60.7 Å². The molecule has 202 valence electrons. The first-order valence-corrected chi connectivity index (χ1v) is 12.7. The summed E-state index contributed by atoms with van der Waals surface area (Å²) in [5, 5.41) is 26.7. The minimum absolute atomic E-state index is 0.0127. The zero-order valence-electron chi connectivity index (χ0n) is 21.6. The van der Waals surface area contributed by atoms with Gasteiger partial charge in [0.05, 0.1) is 17.7 Å². The zero-order valence-corrected chi connectivity index (χ0v) is 21.6. The Bertz CT molecular complexity index is 1240. The van der Waals surface area contributed by atoms with Crippen molar-refractivity contribution in [1.29, 1.82) is 0 Å². The predicted octanol–water partition coefficient (Wildman–Crippen LogP) is 4.38. The molecule has 3 rings (SSSR count). The molecule has 3 aromatic carbocycles. The summed E-state index contributed by atoms with van der Waals surface area (Å²) in [6, 6.07) is 14.9. The number of benzene rings is 3. The normalized spacial score (nSPS) is 12.7. The van der Waals surface area contributed by atoms with Crippen molar-refractivity contribution >= 4 is 11.7 Å². The Hall–Kier alpha value is -3.62. The third-order valence-electron chi connectivity index (χ3n) is 6.30. The van der Waals surface area contributed by atoms with Crippen LogP contribution in [0.25, 0.3) is 0 Å². The molecule has 8 heteroatoms. The molecule has 0 radical (unpaired) electrons. The summed E-state index contributed by atoms with van der Waals surface area (Å²) in [4.78, 5) is 25.3. The molecule has 0 fully saturated rings. The summed E-state index contributed by atoms with van der Waals surface area (Å²) in [5.41, 5.74) is 3.46. The molecule has 2 atom stereocenters. The third kappa shape index (κ3) is 8.75. The van der Waals surface area contributed by atoms with Gasteiger partial charge in [0.2, 0.25) is 5.91 Å². The van der Waals surface area contributed by atoms with E-state index in [0.29, 0.717) is 6.54 Å². The average Bonchev–Trinajstić information content (AvgIpc) is 2.87. The van der Waals surface area contributed by atoms with Crippen molar-refractivity contribution in [2.75, 3.05) is 6.54 Å². The molecule has 0 aromatic heterocycles. The lowest BCUT2D eigenvalue weighted by molar-refractivity contribution is -0.122. The second kappa shape index (κ2) is 13.8. The maximum Gasteiger partial charge on any atom is 0.220 e. The minimum Gasteiger partial charge on any atom is -0.507 e. The second-order valence-electron chi connectivity index (χ2n) is 9.47. The van der Waals surface area contributed by atoms with Crippen LogP contribution in [0.1, 0.15) is 52.4 Å². The number of Topliss-reactive ketones (excluding diaryl/α,β-unsaturated/α-hetero) is 1. The number of ketones is 1. The van der Waals surface area contributed by atoms with Gasteiger partial charge in [-0.25, -0.2) is 8.78 Å². The molecule has 38 heavy (non-hydrogen) atoms. The van der Waals surface area contributed by atoms with Gasteiger partial charge in [0.15, 0.2) is 5.78 Å². The number of carbonyl (C=O) groups is 2. The molecule has 0 unspecified atom stereocenters. The SMILES string of the molecule is CCc1cccc(CNC[C@H](O)[C@H](Cc2cc(F)cc(F)c2)NC(=O)CCC(=O)c2cc(C)ccc2O)c1. The van der Waals surface area contributed by atoms with E-state index < -0.39 is 29.7 Å². The predicted molar refractivity (Wildman–Crippen MR) is 142 cm³/mol. The number of phenols is 1. The molecule has 3 aromatic rings. The van der Waals surface area contributed by atoms with E-state index in [-0.39, 0.29) is 48.5 Å². The number of aliphatic hydroxyl groups is 1. The van der Waals surface area contributed by atoms with Crippen LogP contribution in [0, 0.1) is 18.6 Å². The lowest BCUT2D eigenvalue weighted by Crippen LogP contribution is -2.48. The highest BCUT2D eigenvalue weighted by Gasteiger charge is 2.23. The van der Waals surface area contributed by atoms with Gasteiger partial charge >= 0.3 is 0 Å². The Balaban J connectivity index is 1.64. The molecule has 0 heterocycles. The van der Waals surface area contributed by atoms with E-state index in [2.05, 4.69) is 23.6 Å². The standard InChI is InChI=1S/C30H34F2N2O4/c1-3-20-5-4-6-21(12-20)17-33-18-29(37)26(15-22-13-23(31)16-24(32)14-22)34-30(38)10-9-28(36)25-11-19(2)7-8-27(25)35/h4-8,11-14,16,26,29,33,35,37H,3,9-10,15,17-18H2,1-2H3,(H,34,38)/t26-,29-/m0/s1. The molecule has 0 spiro atoms. The monoisotopic (exact) mass is 524 g/mol. The first-order valence-electron chi connectivity index (χ1n) is 12.7. The van der Waals surface area contributed by atoms with Crippen LogP contribution < -0.4 is 10.6 Å². The fourth-order valence-corrected chi connectivity index (χ4v) is 4.25. The van der Waals surface area contributed by atoms with E-state index in [4.69, 9.17) is 0 Å². The van der Waals surface area contributed by atoms with Crippen molar-refractivity contribution in [3.8, 4) is 5.75 Å². The molecule has 0 aliphatic heterocycles. The third-order valence-corrected chi connectivity index (χ3v) is 6.30. The van der Waals surface area contributed by atoms with E-state index in [9.17, 15) is 28.6 Å². The maximum absolute atomic E-state index is 13.8. The van der Waals surface area contributed by atoms with Crippen molar-refractivity contribution in [3.05, 3.63) is 100 Å². The fraction of sp³-hybridized carbons (Fsp3) is 0.333. The quantitative estimate of drug-likeness (QED) is 0.249. The first-order chi connectivity index (χ1) is 18.1. The summed E-state index contributed by atoms with van der Waals surface area (Å²) in [5.74, 6) is -2.55. The Kier molecular flexibility index (Phi) is 10.5. The Morgan fingerprint density at radius 2 is 1.63 bits per heavy atom. The molecule has 0 aliphatic rings. The van der Waals surface area contributed by atoms with Gasteiger partial charge in [0.1, 0.15) is 17.4 Å². The van der Waals surface area contributed by atoms with Gasteiger partial charge in [-0.2, -0.15) is 0 Å². The van der Waals surface area contributed by atoms with Gasteiger partial charge in [-0.3, -0.25) is 9.59 Å². The highest BCUT2D eigenvalue weighted by atomic mass is 19.1. The number of hydrogen-bond donors (Lipinski definition) is 4. The van der Waals surface area contributed by atoms with Crippen molar-refractivity contribution < 1.29 is 28.6 Å². The molecule has 4 N–H and O–H groups in total. The number of halogens is 2. The number of nitrogens with one attached hydrogen (secondary N) is 2. The lowest BCUT2D eigenvalue weighted by Gasteiger charge is -2.25. The Labute approximate surface area is 221 Å². The van der Waals surface area contributed by atoms with Crippen LogP contribution >= 0.6 is 0 Å². The van der Waals surface area contributed by atoms with E-state index in [1.165, 1.54) is 11.6 Å². The van der Waals surface area contributed by atoms with E-state index in [0.717, 1.165) is 35.7 Å². The van der Waals surface area contributed by atoms with Crippen LogP contribution in [-0.4, -0.2) is 40.6 Å². The van der Waals surface area contributed by atoms with Crippen molar-refractivity contribution in [1.82, 2.24) is 10.6 Å². The molecule has 0 saturated heterocycles. The minimum atomic E-state index is -1.07. The number of carbonyl (C=O) groups excluding carboxylic acids is 2. The van der Waals surface area contributed by atoms with Crippen LogP contribution in [0.15, 0.2) is 60.7 Å². The molecule has 1 amide bonds. The first kappa shape index (κ1) is 28.9. The number of aromatic hydroxyl groups is 1. The van der Waals surface area contributed by atoms with Gasteiger partial charge in [-0.15, -0.1) is 0 Å². The van der Waals surface area contributed by atoms with Crippen LogP contribution in [0.5, 0.6) is 5.75 Å². The largest absolute Gasteiger partial charge is 0.507 e. The number of aliphatic hydroxyl groups excluding tert-OH is 1. The number of aryl methyl sites for hydroxylation is 2. The Morgan fingerprint density at radius 3 is 2.34 bits per heavy atom. The van der Waals surface area contributed by atoms with Crippen LogP contribution in [-0.2, 0) is 24.2 Å². The summed E-state index contributed by atoms with van der Waals surface area (Å²) >= 11 is 0. The van der Waals surface area contributed by atoms with Crippen molar-refractivity contribution in [2.45, 2.75) is 58.2 Å². The summed E-state index contributed by atoms with van der Waals surface area (Å²) in [6.07, 6.45) is -0.505. The molecule has 6 nitrogen and oxygen atoms in total. The smallest absolute Gasteiger partial charge is 0.220 e. The van der Waals surface area contributed by atoms with Gasteiger partial charge < -0.3 is 20.8 Å². The molecule has 0 bridgehead atoms. The molecular formula is C30H34F2N2O4. The highest BCUT2D eigenvalue weighted by molar-refractivity contribution is 6.00. The molecule has 0 saturated carbocycles. The van der Waals surface area contributed by atoms with Crippen LogP contribution in [0.2, 0.25) is 0 Å². The molecule has 0 aliphatic carbocycles. The number of amides is 1. The van der Waals surface area contributed by atoms with Crippen LogP contribution in [0.3, 0.4) is 0 Å². The lowest BCUT2D eigenvalue weighted by atomic mass is 9.99. The van der Waals surface area contributed by atoms with Gasteiger partial charge in [0.25, 0.3) is 0 Å². The fourth-order valence-electron chi connectivity index (χ4n) is 4.25. The van der Waals surface area contributed by atoms with Gasteiger partial charge in [-0.1, -0.05) is 42.8 Å². The van der Waals surface area contributed by atoms with Crippen molar-refractivity contribution in [3.63, 3.8) is 0 Å². The summed E-state index contributed by atoms with van der Waals surface area (Å²) < 4.78 is 27.5. The average molecular weight is 525 g/mol. The maximum atomic E-state index is 13.8. The van der Waals surface area contributed by atoms with E-state index in [1.54, 1.807) is 19.1 Å². The van der Waals surface area contributed by atoms with Crippen molar-refractivity contribution in [2.24, 2.45) is 0 Å². The second-order valence-corrected chi connectivity index (χ2v) is 9.47. The summed E-state index contributed by atoms with van der Waals surface area (Å²) in [7, 11) is 0. The number of phenolic OH excluding ortho intramolecular Hbond substituents is 1. The summed E-state index contributed by atoms with van der Waals surface area (Å²) in [6.45, 7) is 4.47. The highest BCUT2D eigenvalue weighted by Crippen LogP contribution is 2.20. The van der Waals surface area contributed by atoms with E-state index >= 15 is 0 Å². The zero-order chi connectivity index (χ0) is 27.7. The molecular weight excluding hydrogens is 490 g/mol. The topological polar surface area (TPSA) is 98.7 Å². The van der Waals surface area contributed by atoms with Crippen LogP contribution in [0.4, 0.5) is 8.78 Å². The number of hydrogen-bond acceptors (Lipinski definition) is 5. The number of rotatable bonds is 13. The van der Waals surface area contributed by atoms with Gasteiger partial charge in [0, 0.05) is 32.0 Å².